The number of aliphatic hydroxyl groups is 1. The highest BCUT2D eigenvalue weighted by Gasteiger charge is 2.57. The smallest absolute Gasteiger partial charge is 0.119 e. The van der Waals surface area contributed by atoms with Crippen LogP contribution in [0.4, 0.5) is 0 Å². The first-order valence-corrected chi connectivity index (χ1v) is 12.7. The van der Waals surface area contributed by atoms with Gasteiger partial charge in [0.2, 0.25) is 0 Å². The third-order valence-corrected chi connectivity index (χ3v) is 8.50. The number of hydrogen-bond donors (Lipinski definition) is 2. The maximum absolute atomic E-state index is 12.6. The number of ether oxygens (including phenoxy) is 1. The summed E-state index contributed by atoms with van der Waals surface area (Å²) >= 11 is 3.64. The van der Waals surface area contributed by atoms with Crippen LogP contribution in [0.15, 0.2) is 77.3 Å². The molecule has 3 aromatic carbocycles. The molecular weight excluding hydrogens is 488 g/mol. The molecule has 2 heterocycles. The molecule has 2 aliphatic rings. The van der Waals surface area contributed by atoms with E-state index in [0.717, 1.165) is 41.7 Å². The molecule has 1 saturated heterocycles. The second-order valence-electron chi connectivity index (χ2n) is 9.92. The number of β-amino-alcohol motifs (C(OH)–C–C–N with tert-alkyl or cyclic N) is 1. The summed E-state index contributed by atoms with van der Waals surface area (Å²) in [6.07, 6.45) is 2.31. The molecule has 2 unspecified atom stereocenters. The zero-order chi connectivity index (χ0) is 23.3. The van der Waals surface area contributed by atoms with Gasteiger partial charge < -0.3 is 14.8 Å². The van der Waals surface area contributed by atoms with E-state index >= 15 is 0 Å². The molecule has 5 heteroatoms. The Morgan fingerprint density at radius 3 is 2.71 bits per heavy atom. The average Bonchev–Trinajstić information content (AvgIpc) is 3.18. The molecule has 0 saturated carbocycles. The van der Waals surface area contributed by atoms with Gasteiger partial charge in [0.15, 0.2) is 0 Å². The number of aromatic amines is 1. The van der Waals surface area contributed by atoms with Gasteiger partial charge in [-0.1, -0.05) is 58.4 Å². The SMILES string of the molecule is COc1cccc(C23CCN(Cc4ccccc4)CC2(O)Cc2c([nH]c4ccc(Br)cc24)C3)c1. The Kier molecular flexibility index (Phi) is 5.32. The number of hydrogen-bond acceptors (Lipinski definition) is 3. The minimum atomic E-state index is -0.892. The molecule has 2 N–H and O–H groups in total. The van der Waals surface area contributed by atoms with E-state index in [0.29, 0.717) is 13.0 Å². The van der Waals surface area contributed by atoms with Crippen molar-refractivity contribution in [2.45, 2.75) is 36.8 Å². The van der Waals surface area contributed by atoms with Crippen LogP contribution in [-0.2, 0) is 24.8 Å². The van der Waals surface area contributed by atoms with Crippen molar-refractivity contribution in [3.8, 4) is 5.75 Å². The van der Waals surface area contributed by atoms with E-state index in [2.05, 4.69) is 92.5 Å². The fourth-order valence-corrected chi connectivity index (χ4v) is 6.66. The van der Waals surface area contributed by atoms with E-state index in [-0.39, 0.29) is 5.41 Å². The third-order valence-electron chi connectivity index (χ3n) is 8.01. The summed E-state index contributed by atoms with van der Waals surface area (Å²) < 4.78 is 6.64. The lowest BCUT2D eigenvalue weighted by Gasteiger charge is -2.56. The molecule has 1 fully saturated rings. The van der Waals surface area contributed by atoms with Gasteiger partial charge in [0.05, 0.1) is 12.7 Å². The third kappa shape index (κ3) is 3.49. The van der Waals surface area contributed by atoms with Gasteiger partial charge in [0.1, 0.15) is 5.75 Å². The lowest BCUT2D eigenvalue weighted by Crippen LogP contribution is -2.66. The Labute approximate surface area is 208 Å². The fourth-order valence-electron chi connectivity index (χ4n) is 6.30. The van der Waals surface area contributed by atoms with E-state index in [9.17, 15) is 5.11 Å². The summed E-state index contributed by atoms with van der Waals surface area (Å²) in [5, 5.41) is 13.8. The van der Waals surface area contributed by atoms with E-state index in [1.807, 2.05) is 6.07 Å². The number of aromatic nitrogens is 1. The molecule has 1 aromatic heterocycles. The van der Waals surface area contributed by atoms with Crippen molar-refractivity contribution >= 4 is 26.8 Å². The minimum Gasteiger partial charge on any atom is -0.497 e. The van der Waals surface area contributed by atoms with Gasteiger partial charge in [-0.25, -0.2) is 0 Å². The lowest BCUT2D eigenvalue weighted by molar-refractivity contribution is -0.105. The van der Waals surface area contributed by atoms with Crippen molar-refractivity contribution in [2.24, 2.45) is 0 Å². The van der Waals surface area contributed by atoms with Crippen LogP contribution < -0.4 is 4.74 Å². The predicted octanol–water partition coefficient (Wildman–Crippen LogP) is 5.61. The summed E-state index contributed by atoms with van der Waals surface area (Å²) in [6.45, 7) is 2.43. The van der Waals surface area contributed by atoms with Crippen molar-refractivity contribution < 1.29 is 9.84 Å². The van der Waals surface area contributed by atoms with Crippen molar-refractivity contribution in [3.63, 3.8) is 0 Å². The van der Waals surface area contributed by atoms with Crippen LogP contribution in [0.3, 0.4) is 0 Å². The molecule has 1 aliphatic carbocycles. The molecule has 4 aromatic rings. The predicted molar refractivity (Wildman–Crippen MR) is 139 cm³/mol. The van der Waals surface area contributed by atoms with E-state index < -0.39 is 5.60 Å². The highest BCUT2D eigenvalue weighted by molar-refractivity contribution is 9.10. The first-order chi connectivity index (χ1) is 16.5. The van der Waals surface area contributed by atoms with E-state index in [1.165, 1.54) is 27.8 Å². The van der Waals surface area contributed by atoms with Crippen LogP contribution in [0.1, 0.15) is 28.8 Å². The quantitative estimate of drug-likeness (QED) is 0.370. The largest absolute Gasteiger partial charge is 0.497 e. The molecule has 34 heavy (non-hydrogen) atoms. The number of likely N-dealkylation sites (tertiary alicyclic amines) is 1. The number of benzene rings is 3. The van der Waals surface area contributed by atoms with Crippen molar-refractivity contribution in [3.05, 3.63) is 99.7 Å². The molecule has 0 spiro atoms. The first-order valence-electron chi connectivity index (χ1n) is 11.9. The summed E-state index contributed by atoms with van der Waals surface area (Å²) in [5.74, 6) is 0.840. The Morgan fingerprint density at radius 2 is 1.88 bits per heavy atom. The van der Waals surface area contributed by atoms with Gasteiger partial charge in [-0.15, -0.1) is 0 Å². The number of nitrogens with one attached hydrogen (secondary N) is 1. The zero-order valence-electron chi connectivity index (χ0n) is 19.4. The second-order valence-corrected chi connectivity index (χ2v) is 10.8. The zero-order valence-corrected chi connectivity index (χ0v) is 20.9. The maximum atomic E-state index is 12.6. The van der Waals surface area contributed by atoms with E-state index in [1.54, 1.807) is 7.11 Å². The van der Waals surface area contributed by atoms with Crippen LogP contribution in [0.2, 0.25) is 0 Å². The van der Waals surface area contributed by atoms with Gasteiger partial charge in [-0.3, -0.25) is 4.90 Å². The summed E-state index contributed by atoms with van der Waals surface area (Å²) in [5.41, 5.74) is 4.82. The first kappa shape index (κ1) is 21.9. The number of H-pyrrole nitrogens is 1. The fraction of sp³-hybridized carbons (Fsp3) is 0.310. The standard InChI is InChI=1S/C29H29BrN2O2/c1-34-23-9-5-8-21(14-23)28-12-13-32(18-20-6-3-2-4-7-20)19-29(28,33)16-25-24-15-22(30)10-11-26(24)31-27(25)17-28/h2-11,14-15,31,33H,12-13,16-19H2,1H3. The minimum absolute atomic E-state index is 0.375. The summed E-state index contributed by atoms with van der Waals surface area (Å²) in [4.78, 5) is 6.11. The van der Waals surface area contributed by atoms with Gasteiger partial charge in [0, 0.05) is 52.4 Å². The van der Waals surface area contributed by atoms with Crippen LogP contribution in [-0.4, -0.2) is 40.8 Å². The Hall–Kier alpha value is -2.60. The molecule has 1 aliphatic heterocycles. The van der Waals surface area contributed by atoms with Gasteiger partial charge in [0.25, 0.3) is 0 Å². The number of methoxy groups -OCH3 is 1. The Balaban J connectivity index is 1.46. The molecule has 0 bridgehead atoms. The Bertz CT molecular complexity index is 1350. The summed E-state index contributed by atoms with van der Waals surface area (Å²) in [7, 11) is 1.71. The number of halogens is 1. The van der Waals surface area contributed by atoms with Crippen molar-refractivity contribution in [2.75, 3.05) is 20.2 Å². The molecule has 2 atom stereocenters. The normalized spacial score (nSPS) is 24.6. The van der Waals surface area contributed by atoms with Gasteiger partial charge in [-0.2, -0.15) is 0 Å². The lowest BCUT2D eigenvalue weighted by atomic mass is 9.56. The number of piperidine rings is 1. The maximum Gasteiger partial charge on any atom is 0.119 e. The van der Waals surface area contributed by atoms with E-state index in [4.69, 9.17) is 4.74 Å². The number of nitrogens with zero attached hydrogens (tertiary/aromatic N) is 1. The van der Waals surface area contributed by atoms with Gasteiger partial charge in [-0.05, 0) is 60.0 Å². The highest BCUT2D eigenvalue weighted by atomic mass is 79.9. The van der Waals surface area contributed by atoms with Crippen LogP contribution in [0.25, 0.3) is 10.9 Å². The highest BCUT2D eigenvalue weighted by Crippen LogP contribution is 2.52. The molecular formula is C29H29BrN2O2. The molecule has 174 valence electrons. The topological polar surface area (TPSA) is 48.5 Å². The van der Waals surface area contributed by atoms with Gasteiger partial charge >= 0.3 is 0 Å². The van der Waals surface area contributed by atoms with Crippen molar-refractivity contribution in [1.29, 1.82) is 0 Å². The molecule has 0 amide bonds. The summed E-state index contributed by atoms with van der Waals surface area (Å²) in [6, 6.07) is 25.3. The Morgan fingerprint density at radius 1 is 1.03 bits per heavy atom. The average molecular weight is 517 g/mol. The molecule has 4 nitrogen and oxygen atoms in total. The number of rotatable bonds is 4. The van der Waals surface area contributed by atoms with Crippen LogP contribution in [0.5, 0.6) is 5.75 Å². The second kappa shape index (κ2) is 8.26. The van der Waals surface area contributed by atoms with Crippen molar-refractivity contribution in [1.82, 2.24) is 9.88 Å². The van der Waals surface area contributed by atoms with Crippen LogP contribution >= 0.6 is 15.9 Å². The van der Waals surface area contributed by atoms with Crippen LogP contribution in [0, 0.1) is 0 Å². The monoisotopic (exact) mass is 516 g/mol. The molecule has 0 radical (unpaired) electrons. The molecule has 6 rings (SSSR count). The number of fused-ring (bicyclic) bond motifs is 4.